The summed E-state index contributed by atoms with van der Waals surface area (Å²) >= 11 is 3.63. The van der Waals surface area contributed by atoms with Gasteiger partial charge in [0.05, 0.1) is 27.8 Å². The van der Waals surface area contributed by atoms with Crippen LogP contribution < -0.4 is 0 Å². The van der Waals surface area contributed by atoms with Gasteiger partial charge in [0.15, 0.2) is 0 Å². The fraction of sp³-hybridized carbons (Fsp3) is 0.118. The van der Waals surface area contributed by atoms with Crippen molar-refractivity contribution in [1.82, 2.24) is 4.98 Å². The van der Waals surface area contributed by atoms with Crippen LogP contribution in [-0.2, 0) is 9.53 Å². The van der Waals surface area contributed by atoms with E-state index < -0.39 is 41.4 Å². The Hall–Kier alpha value is -3.77. The summed E-state index contributed by atoms with van der Waals surface area (Å²) in [7, 11) is 0. The smallest absolute Gasteiger partial charge is 0.309 e. The number of esters is 1. The van der Waals surface area contributed by atoms with Crippen molar-refractivity contribution in [3.8, 4) is 0 Å². The summed E-state index contributed by atoms with van der Waals surface area (Å²) in [6.45, 7) is 0. The SMILES string of the molecule is O=C1C[C@H](O)C[C@@H](/C=C/c2cnc3c(Sc4ccc(F)cc4)c(Sc4ccc(F)cc4)c(F)cc3c2Sc2ccc(F)cc2)O1. The predicted octanol–water partition coefficient (Wildman–Crippen LogP) is 9.32. The number of aliphatic hydroxyl groups excluding tert-OH is 1. The van der Waals surface area contributed by atoms with Gasteiger partial charge in [0.1, 0.15) is 29.4 Å². The topological polar surface area (TPSA) is 59.4 Å². The Morgan fingerprint density at radius 1 is 0.756 bits per heavy atom. The van der Waals surface area contributed by atoms with Crippen LogP contribution in [0.5, 0.6) is 0 Å². The third-order valence-electron chi connectivity index (χ3n) is 6.78. The maximum absolute atomic E-state index is 16.2. The van der Waals surface area contributed by atoms with Crippen LogP contribution in [-0.4, -0.2) is 28.3 Å². The number of carbonyl (C=O) groups excluding carboxylic acids is 1. The van der Waals surface area contributed by atoms with Crippen LogP contribution in [0, 0.1) is 23.3 Å². The number of carbonyl (C=O) groups is 1. The molecule has 0 unspecified atom stereocenters. The van der Waals surface area contributed by atoms with Crippen LogP contribution in [0.4, 0.5) is 17.6 Å². The van der Waals surface area contributed by atoms with Crippen molar-refractivity contribution in [2.75, 3.05) is 0 Å². The number of ether oxygens (including phenoxy) is 1. The Balaban J connectivity index is 1.51. The van der Waals surface area contributed by atoms with E-state index in [9.17, 15) is 23.1 Å². The molecule has 2 heterocycles. The van der Waals surface area contributed by atoms with E-state index >= 15 is 4.39 Å². The molecule has 1 N–H and O–H groups in total. The molecule has 4 aromatic carbocycles. The minimum atomic E-state index is -0.819. The highest BCUT2D eigenvalue weighted by Gasteiger charge is 2.26. The number of aromatic nitrogens is 1. The minimum Gasteiger partial charge on any atom is -0.458 e. The maximum Gasteiger partial charge on any atom is 0.309 e. The fourth-order valence-electron chi connectivity index (χ4n) is 4.67. The van der Waals surface area contributed by atoms with Crippen LogP contribution >= 0.6 is 35.3 Å². The van der Waals surface area contributed by atoms with Gasteiger partial charge < -0.3 is 9.84 Å². The van der Waals surface area contributed by atoms with Gasteiger partial charge in [0.25, 0.3) is 0 Å². The second-order valence-corrected chi connectivity index (χ2v) is 13.4. The Labute approximate surface area is 268 Å². The number of cyclic esters (lactones) is 1. The lowest BCUT2D eigenvalue weighted by Gasteiger charge is -2.23. The minimum absolute atomic E-state index is 0.0699. The van der Waals surface area contributed by atoms with Gasteiger partial charge in [-0.2, -0.15) is 0 Å². The van der Waals surface area contributed by atoms with Gasteiger partial charge in [-0.05, 0) is 84.9 Å². The summed E-state index contributed by atoms with van der Waals surface area (Å²) in [5.74, 6) is -2.27. The molecule has 11 heteroatoms. The average Bonchev–Trinajstić information content (AvgIpc) is 3.01. The largest absolute Gasteiger partial charge is 0.458 e. The summed E-state index contributed by atoms with van der Waals surface area (Å²) in [5, 5.41) is 10.5. The average molecular weight is 666 g/mol. The van der Waals surface area contributed by atoms with Gasteiger partial charge >= 0.3 is 5.97 Å². The van der Waals surface area contributed by atoms with Crippen molar-refractivity contribution in [2.24, 2.45) is 0 Å². The van der Waals surface area contributed by atoms with E-state index in [4.69, 9.17) is 9.72 Å². The van der Waals surface area contributed by atoms with E-state index in [2.05, 4.69) is 0 Å². The molecule has 0 spiro atoms. The first-order valence-corrected chi connectivity index (χ1v) is 16.2. The number of halogens is 4. The highest BCUT2D eigenvalue weighted by molar-refractivity contribution is 8.02. The van der Waals surface area contributed by atoms with E-state index in [1.807, 2.05) is 0 Å². The summed E-state index contributed by atoms with van der Waals surface area (Å²) in [4.78, 5) is 19.9. The molecule has 0 aliphatic carbocycles. The molecule has 0 radical (unpaired) electrons. The highest BCUT2D eigenvalue weighted by Crippen LogP contribution is 2.47. The monoisotopic (exact) mass is 665 g/mol. The molecule has 2 atom stereocenters. The van der Waals surface area contributed by atoms with E-state index in [-0.39, 0.29) is 17.7 Å². The first-order valence-electron chi connectivity index (χ1n) is 13.7. The Bertz CT molecular complexity index is 1890. The molecule has 4 nitrogen and oxygen atoms in total. The highest BCUT2D eigenvalue weighted by atomic mass is 32.2. The zero-order chi connectivity index (χ0) is 31.5. The van der Waals surface area contributed by atoms with Crippen molar-refractivity contribution in [3.05, 3.63) is 120 Å². The molecule has 1 saturated heterocycles. The number of rotatable bonds is 8. The molecule has 228 valence electrons. The van der Waals surface area contributed by atoms with Crippen LogP contribution in [0.3, 0.4) is 0 Å². The molecule has 0 bridgehead atoms. The van der Waals surface area contributed by atoms with Crippen LogP contribution in [0.2, 0.25) is 0 Å². The fourth-order valence-corrected chi connectivity index (χ4v) is 7.74. The van der Waals surface area contributed by atoms with Gasteiger partial charge in [-0.1, -0.05) is 41.4 Å². The third-order valence-corrected chi connectivity index (χ3v) is 10.3. The molecular formula is C34H23F4NO3S3. The lowest BCUT2D eigenvalue weighted by molar-refractivity contribution is -0.156. The number of hydrogen-bond acceptors (Lipinski definition) is 7. The Morgan fingerprint density at radius 2 is 1.27 bits per heavy atom. The van der Waals surface area contributed by atoms with Gasteiger partial charge in [-0.3, -0.25) is 9.78 Å². The van der Waals surface area contributed by atoms with E-state index in [1.165, 1.54) is 66.0 Å². The zero-order valence-electron chi connectivity index (χ0n) is 23.3. The summed E-state index contributed by atoms with van der Waals surface area (Å²) < 4.78 is 62.7. The number of hydrogen-bond donors (Lipinski definition) is 1. The quantitative estimate of drug-likeness (QED) is 0.131. The van der Waals surface area contributed by atoms with Gasteiger partial charge in [-0.15, -0.1) is 0 Å². The molecular weight excluding hydrogens is 643 g/mol. The number of pyridine rings is 1. The normalized spacial score (nSPS) is 16.8. The number of benzene rings is 4. The zero-order valence-corrected chi connectivity index (χ0v) is 25.7. The predicted molar refractivity (Wildman–Crippen MR) is 167 cm³/mol. The molecule has 5 aromatic rings. The van der Waals surface area contributed by atoms with E-state index in [0.717, 1.165) is 11.8 Å². The molecule has 0 amide bonds. The van der Waals surface area contributed by atoms with Gasteiger partial charge in [0.2, 0.25) is 0 Å². The maximum atomic E-state index is 16.2. The van der Waals surface area contributed by atoms with Crippen LogP contribution in [0.1, 0.15) is 18.4 Å². The van der Waals surface area contributed by atoms with Gasteiger partial charge in [0, 0.05) is 43.1 Å². The molecule has 1 aromatic heterocycles. The Morgan fingerprint density at radius 3 is 1.80 bits per heavy atom. The van der Waals surface area contributed by atoms with Crippen LogP contribution in [0.15, 0.2) is 121 Å². The molecule has 0 saturated carbocycles. The standard InChI is InChI=1S/C34H23F4NO3S3/c35-20-2-9-25(10-3-20)43-32-19(1-8-24-15-23(40)16-30(41)42-24)18-39-31-28(32)17-29(38)33(44-26-11-4-21(36)5-12-26)34(31)45-27-13-6-22(37)7-14-27/h1-14,17-18,23-24,40H,15-16H2/b8-1+/t23-,24-/m1/s1. The Kier molecular flexibility index (Phi) is 9.50. The first-order chi connectivity index (χ1) is 21.7. The number of fused-ring (bicyclic) bond motifs is 1. The van der Waals surface area contributed by atoms with Crippen molar-refractivity contribution in [2.45, 2.75) is 54.4 Å². The molecule has 1 fully saturated rings. The second kappa shape index (κ2) is 13.7. The van der Waals surface area contributed by atoms with E-state index in [1.54, 1.807) is 54.7 Å². The molecule has 45 heavy (non-hydrogen) atoms. The molecule has 6 rings (SSSR count). The summed E-state index contributed by atoms with van der Waals surface area (Å²) in [5.41, 5.74) is 1.06. The number of nitrogens with zero attached hydrogens (tertiary/aromatic N) is 1. The van der Waals surface area contributed by atoms with E-state index in [0.29, 0.717) is 40.9 Å². The second-order valence-electron chi connectivity index (χ2n) is 10.1. The van der Waals surface area contributed by atoms with Gasteiger partial charge in [-0.25, -0.2) is 17.6 Å². The van der Waals surface area contributed by atoms with Crippen molar-refractivity contribution < 1.29 is 32.2 Å². The third kappa shape index (κ3) is 7.55. The molecule has 1 aliphatic rings. The van der Waals surface area contributed by atoms with Crippen molar-refractivity contribution in [3.63, 3.8) is 0 Å². The number of aliphatic hydroxyl groups is 1. The van der Waals surface area contributed by atoms with Crippen molar-refractivity contribution >= 4 is 58.2 Å². The lowest BCUT2D eigenvalue weighted by Crippen LogP contribution is -2.31. The lowest BCUT2D eigenvalue weighted by atomic mass is 10.0. The molecule has 1 aliphatic heterocycles. The summed E-state index contributed by atoms with van der Waals surface area (Å²) in [6.07, 6.45) is 3.67. The van der Waals surface area contributed by atoms with Crippen molar-refractivity contribution in [1.29, 1.82) is 0 Å². The first kappa shape index (κ1) is 31.2. The summed E-state index contributed by atoms with van der Waals surface area (Å²) in [6, 6.07) is 18.8. The van der Waals surface area contributed by atoms with Crippen LogP contribution in [0.25, 0.3) is 17.0 Å².